The topological polar surface area (TPSA) is 51.5 Å². The van der Waals surface area contributed by atoms with Crippen LogP contribution in [-0.4, -0.2) is 11.2 Å². The third-order valence-corrected chi connectivity index (χ3v) is 4.70. The summed E-state index contributed by atoms with van der Waals surface area (Å²) in [5, 5.41) is 0.671. The Kier molecular flexibility index (Phi) is 4.47. The van der Waals surface area contributed by atoms with Crippen LogP contribution in [0, 0.1) is 0 Å². The Balaban J connectivity index is 1.39. The van der Waals surface area contributed by atoms with Crippen molar-refractivity contribution in [3.8, 4) is 22.8 Å². The maximum absolute atomic E-state index is 6.05. The number of hydrogen-bond donors (Lipinski definition) is 0. The number of aliphatic imine (C=N–C) groups is 1. The standard InChI is InChI=1S/C24H15ClN2O2/c25-18-8-4-7-17(13-18)22-12-10-20(28-22)15-26-19-9-11-23-21(14-19)27-24(29-23)16-5-2-1-3-6-16/h1-15H. The zero-order valence-corrected chi connectivity index (χ0v) is 16.0. The Hall–Kier alpha value is -3.63. The van der Waals surface area contributed by atoms with E-state index in [0.717, 1.165) is 33.7 Å². The molecule has 140 valence electrons. The van der Waals surface area contributed by atoms with Crippen molar-refractivity contribution >= 4 is 34.6 Å². The van der Waals surface area contributed by atoms with E-state index in [1.165, 1.54) is 0 Å². The van der Waals surface area contributed by atoms with Crippen molar-refractivity contribution in [1.82, 2.24) is 4.98 Å². The van der Waals surface area contributed by atoms with Gasteiger partial charge in [-0.1, -0.05) is 41.9 Å². The van der Waals surface area contributed by atoms with Crippen molar-refractivity contribution in [3.63, 3.8) is 0 Å². The first-order valence-electron chi connectivity index (χ1n) is 9.10. The van der Waals surface area contributed by atoms with Crippen molar-refractivity contribution in [3.05, 3.63) is 95.7 Å². The Morgan fingerprint density at radius 1 is 0.793 bits per heavy atom. The van der Waals surface area contributed by atoms with E-state index in [2.05, 4.69) is 9.98 Å². The van der Waals surface area contributed by atoms with Crippen molar-refractivity contribution in [2.75, 3.05) is 0 Å². The third kappa shape index (κ3) is 3.71. The van der Waals surface area contributed by atoms with E-state index < -0.39 is 0 Å². The molecular weight excluding hydrogens is 384 g/mol. The molecule has 3 aromatic carbocycles. The Labute approximate surface area is 172 Å². The predicted molar refractivity (Wildman–Crippen MR) is 116 cm³/mol. The molecule has 2 aromatic heterocycles. The maximum atomic E-state index is 6.05. The summed E-state index contributed by atoms with van der Waals surface area (Å²) in [5.41, 5.74) is 4.13. The highest BCUT2D eigenvalue weighted by Gasteiger charge is 2.08. The smallest absolute Gasteiger partial charge is 0.227 e. The molecule has 5 aromatic rings. The first kappa shape index (κ1) is 17.5. The molecule has 0 bridgehead atoms. The summed E-state index contributed by atoms with van der Waals surface area (Å²) in [6.45, 7) is 0. The molecule has 0 saturated carbocycles. The highest BCUT2D eigenvalue weighted by atomic mass is 35.5. The molecule has 0 amide bonds. The van der Waals surface area contributed by atoms with Crippen LogP contribution >= 0.6 is 11.6 Å². The van der Waals surface area contributed by atoms with Crippen molar-refractivity contribution in [2.45, 2.75) is 0 Å². The molecule has 0 N–H and O–H groups in total. The van der Waals surface area contributed by atoms with Gasteiger partial charge in [-0.05, 0) is 54.6 Å². The second-order valence-corrected chi connectivity index (χ2v) is 6.94. The molecular formula is C24H15ClN2O2. The number of benzene rings is 3. The van der Waals surface area contributed by atoms with Gasteiger partial charge in [0, 0.05) is 16.1 Å². The third-order valence-electron chi connectivity index (χ3n) is 4.47. The average molecular weight is 399 g/mol. The number of furan rings is 1. The molecule has 0 aliphatic carbocycles. The monoisotopic (exact) mass is 398 g/mol. The van der Waals surface area contributed by atoms with Crippen LogP contribution in [-0.2, 0) is 0 Å². The van der Waals surface area contributed by atoms with Crippen LogP contribution in [0.2, 0.25) is 5.02 Å². The second-order valence-electron chi connectivity index (χ2n) is 6.51. The molecule has 0 radical (unpaired) electrons. The molecule has 0 saturated heterocycles. The Bertz CT molecular complexity index is 1320. The summed E-state index contributed by atoms with van der Waals surface area (Å²) in [4.78, 5) is 9.08. The lowest BCUT2D eigenvalue weighted by Gasteiger charge is -1.97. The van der Waals surface area contributed by atoms with E-state index in [1.54, 1.807) is 6.21 Å². The van der Waals surface area contributed by atoms with Crippen molar-refractivity contribution in [2.24, 2.45) is 4.99 Å². The summed E-state index contributed by atoms with van der Waals surface area (Å²) in [6, 6.07) is 26.8. The van der Waals surface area contributed by atoms with Gasteiger partial charge in [0.2, 0.25) is 5.89 Å². The van der Waals surface area contributed by atoms with Crippen LogP contribution in [0.25, 0.3) is 33.9 Å². The molecule has 0 spiro atoms. The fraction of sp³-hybridized carbons (Fsp3) is 0. The first-order chi connectivity index (χ1) is 14.2. The van der Waals surface area contributed by atoms with Crippen LogP contribution in [0.15, 0.2) is 98.8 Å². The van der Waals surface area contributed by atoms with E-state index in [9.17, 15) is 0 Å². The van der Waals surface area contributed by atoms with Gasteiger partial charge in [0.25, 0.3) is 0 Å². The number of nitrogens with zero attached hydrogens (tertiary/aromatic N) is 2. The highest BCUT2D eigenvalue weighted by molar-refractivity contribution is 6.30. The van der Waals surface area contributed by atoms with Gasteiger partial charge in [-0.2, -0.15) is 0 Å². The number of hydrogen-bond acceptors (Lipinski definition) is 4. The molecule has 0 atom stereocenters. The molecule has 29 heavy (non-hydrogen) atoms. The Morgan fingerprint density at radius 2 is 1.66 bits per heavy atom. The summed E-state index contributed by atoms with van der Waals surface area (Å²) in [7, 11) is 0. The predicted octanol–water partition coefficient (Wildman–Crippen LogP) is 7.16. The summed E-state index contributed by atoms with van der Waals surface area (Å²) in [6.07, 6.45) is 1.69. The normalized spacial score (nSPS) is 11.5. The van der Waals surface area contributed by atoms with Crippen molar-refractivity contribution in [1.29, 1.82) is 0 Å². The number of rotatable bonds is 4. The molecule has 4 nitrogen and oxygen atoms in total. The van der Waals surface area contributed by atoms with Gasteiger partial charge in [-0.15, -0.1) is 0 Å². The number of fused-ring (bicyclic) bond motifs is 1. The Morgan fingerprint density at radius 3 is 2.52 bits per heavy atom. The van der Waals surface area contributed by atoms with Crippen LogP contribution in [0.5, 0.6) is 0 Å². The highest BCUT2D eigenvalue weighted by Crippen LogP contribution is 2.28. The molecule has 2 heterocycles. The lowest BCUT2D eigenvalue weighted by atomic mass is 10.2. The average Bonchev–Trinajstić information content (AvgIpc) is 3.40. The van der Waals surface area contributed by atoms with Gasteiger partial charge in [-0.25, -0.2) is 4.98 Å². The fourth-order valence-electron chi connectivity index (χ4n) is 3.06. The number of aromatic nitrogens is 1. The minimum absolute atomic E-state index is 0.596. The van der Waals surface area contributed by atoms with Crippen molar-refractivity contribution < 1.29 is 8.83 Å². The first-order valence-corrected chi connectivity index (χ1v) is 9.48. The fourth-order valence-corrected chi connectivity index (χ4v) is 3.25. The second kappa shape index (κ2) is 7.41. The van der Waals surface area contributed by atoms with E-state index in [0.29, 0.717) is 16.7 Å². The van der Waals surface area contributed by atoms with Gasteiger partial charge >= 0.3 is 0 Å². The van der Waals surface area contributed by atoms with Crippen LogP contribution in [0.3, 0.4) is 0 Å². The van der Waals surface area contributed by atoms with Gasteiger partial charge < -0.3 is 8.83 Å². The van der Waals surface area contributed by atoms with Gasteiger partial charge in [0.15, 0.2) is 5.58 Å². The van der Waals surface area contributed by atoms with Gasteiger partial charge in [0.1, 0.15) is 17.0 Å². The largest absolute Gasteiger partial charge is 0.455 e. The zero-order valence-electron chi connectivity index (χ0n) is 15.2. The summed E-state index contributed by atoms with van der Waals surface area (Å²) < 4.78 is 11.7. The number of oxazole rings is 1. The van der Waals surface area contributed by atoms with Gasteiger partial charge in [-0.3, -0.25) is 4.99 Å². The molecule has 0 unspecified atom stereocenters. The lowest BCUT2D eigenvalue weighted by Crippen LogP contribution is -1.76. The lowest BCUT2D eigenvalue weighted by molar-refractivity contribution is 0.575. The molecule has 5 heteroatoms. The van der Waals surface area contributed by atoms with E-state index in [1.807, 2.05) is 84.9 Å². The molecule has 0 aliphatic heterocycles. The minimum atomic E-state index is 0.596. The minimum Gasteiger partial charge on any atom is -0.455 e. The van der Waals surface area contributed by atoms with E-state index in [-0.39, 0.29) is 0 Å². The maximum Gasteiger partial charge on any atom is 0.227 e. The van der Waals surface area contributed by atoms with Crippen LogP contribution in [0.1, 0.15) is 5.76 Å². The summed E-state index contributed by atoms with van der Waals surface area (Å²) >= 11 is 6.05. The quantitative estimate of drug-likeness (QED) is 0.302. The van der Waals surface area contributed by atoms with E-state index >= 15 is 0 Å². The van der Waals surface area contributed by atoms with Crippen LogP contribution < -0.4 is 0 Å². The molecule has 0 fully saturated rings. The van der Waals surface area contributed by atoms with E-state index in [4.69, 9.17) is 20.4 Å². The van der Waals surface area contributed by atoms with Gasteiger partial charge in [0.05, 0.1) is 11.9 Å². The molecule has 0 aliphatic rings. The molecule has 5 rings (SSSR count). The SMILES string of the molecule is Clc1cccc(-c2ccc(C=Nc3ccc4oc(-c5ccccc5)nc4c3)o2)c1. The summed E-state index contributed by atoms with van der Waals surface area (Å²) in [5.74, 6) is 2.00. The number of halogens is 1. The van der Waals surface area contributed by atoms with Crippen LogP contribution in [0.4, 0.5) is 5.69 Å². The zero-order chi connectivity index (χ0) is 19.6.